The molecule has 3 aromatic rings. The van der Waals surface area contributed by atoms with E-state index in [2.05, 4.69) is 51.6 Å². The summed E-state index contributed by atoms with van der Waals surface area (Å²) in [4.78, 5) is 8.10. The summed E-state index contributed by atoms with van der Waals surface area (Å²) in [5.41, 5.74) is 3.54. The highest BCUT2D eigenvalue weighted by Gasteiger charge is 2.16. The summed E-state index contributed by atoms with van der Waals surface area (Å²) in [6.07, 6.45) is 3.52. The quantitative estimate of drug-likeness (QED) is 0.731. The summed E-state index contributed by atoms with van der Waals surface area (Å²) < 4.78 is 1.24. The monoisotopic (exact) mass is 353 g/mol. The van der Waals surface area contributed by atoms with E-state index >= 15 is 0 Å². The zero-order chi connectivity index (χ0) is 17.1. The molecule has 0 spiro atoms. The number of nitrogens with zero attached hydrogens (tertiary/aromatic N) is 2. The van der Waals surface area contributed by atoms with Crippen LogP contribution in [0, 0.1) is 0 Å². The van der Waals surface area contributed by atoms with Gasteiger partial charge in [-0.2, -0.15) is 0 Å². The van der Waals surface area contributed by atoms with Gasteiger partial charge in [-0.05, 0) is 48.7 Å². The maximum absolute atomic E-state index is 9.59. The van der Waals surface area contributed by atoms with Crippen LogP contribution in [-0.4, -0.2) is 34.2 Å². The van der Waals surface area contributed by atoms with Crippen molar-refractivity contribution in [2.45, 2.75) is 32.0 Å². The molecule has 4 rings (SSSR count). The Hall–Kier alpha value is -1.95. The molecule has 0 aliphatic carbocycles. The molecule has 0 radical (unpaired) electrons. The number of aliphatic hydroxyl groups excluding tert-OH is 1. The zero-order valence-corrected chi connectivity index (χ0v) is 15.0. The summed E-state index contributed by atoms with van der Waals surface area (Å²) in [5, 5.41) is 13.1. The van der Waals surface area contributed by atoms with Crippen LogP contribution in [0.25, 0.3) is 10.2 Å². The minimum Gasteiger partial charge on any atom is -0.393 e. The number of rotatable bonds is 5. The molecule has 0 atom stereocenters. The fraction of sp³-hybridized carbons (Fsp3) is 0.350. The van der Waals surface area contributed by atoms with Crippen molar-refractivity contribution in [3.8, 4) is 0 Å². The van der Waals surface area contributed by atoms with Crippen molar-refractivity contribution in [3.05, 3.63) is 59.1 Å². The Kier molecular flexibility index (Phi) is 4.97. The number of anilines is 1. The molecular formula is C20H23N3OS. The molecule has 1 aliphatic heterocycles. The smallest absolute Gasteiger partial charge is 0.0813 e. The number of benzene rings is 1. The second-order valence-electron chi connectivity index (χ2n) is 6.66. The number of hydrogen-bond acceptors (Lipinski definition) is 5. The first-order valence-electron chi connectivity index (χ1n) is 8.83. The third kappa shape index (κ3) is 4.18. The first-order chi connectivity index (χ1) is 12.3. The van der Waals surface area contributed by atoms with Gasteiger partial charge in [-0.3, -0.25) is 9.88 Å². The molecule has 3 heterocycles. The Labute approximate surface area is 152 Å². The van der Waals surface area contributed by atoms with Gasteiger partial charge >= 0.3 is 0 Å². The Bertz CT molecular complexity index is 789. The second-order valence-corrected chi connectivity index (χ2v) is 7.83. The van der Waals surface area contributed by atoms with E-state index in [1.54, 1.807) is 11.3 Å². The Morgan fingerprint density at radius 2 is 1.96 bits per heavy atom. The van der Waals surface area contributed by atoms with E-state index in [1.807, 2.05) is 12.3 Å². The SMILES string of the molecule is OC1CCN(Cc2ccc(NCc3cc4ncccc4s3)cc2)CC1. The molecule has 4 nitrogen and oxygen atoms in total. The zero-order valence-electron chi connectivity index (χ0n) is 14.2. The first kappa shape index (κ1) is 16.5. The molecule has 25 heavy (non-hydrogen) atoms. The summed E-state index contributed by atoms with van der Waals surface area (Å²) in [6.45, 7) is 3.77. The van der Waals surface area contributed by atoms with Crippen LogP contribution in [0.15, 0.2) is 48.7 Å². The van der Waals surface area contributed by atoms with E-state index in [9.17, 15) is 5.11 Å². The van der Waals surface area contributed by atoms with E-state index in [0.29, 0.717) is 0 Å². The Morgan fingerprint density at radius 1 is 1.16 bits per heavy atom. The maximum Gasteiger partial charge on any atom is 0.0813 e. The van der Waals surface area contributed by atoms with Crippen LogP contribution in [0.4, 0.5) is 5.69 Å². The summed E-state index contributed by atoms with van der Waals surface area (Å²) in [7, 11) is 0. The largest absolute Gasteiger partial charge is 0.393 e. The van der Waals surface area contributed by atoms with Gasteiger partial charge in [-0.15, -0.1) is 11.3 Å². The van der Waals surface area contributed by atoms with Crippen LogP contribution in [0.2, 0.25) is 0 Å². The van der Waals surface area contributed by atoms with Crippen molar-refractivity contribution in [2.24, 2.45) is 0 Å². The normalized spacial score (nSPS) is 16.4. The molecule has 0 saturated carbocycles. The number of fused-ring (bicyclic) bond motifs is 1. The van der Waals surface area contributed by atoms with Crippen LogP contribution < -0.4 is 5.32 Å². The minimum absolute atomic E-state index is 0.105. The Morgan fingerprint density at radius 3 is 2.72 bits per heavy atom. The van der Waals surface area contributed by atoms with Gasteiger partial charge in [0, 0.05) is 42.9 Å². The van der Waals surface area contributed by atoms with Gasteiger partial charge in [0.25, 0.3) is 0 Å². The van der Waals surface area contributed by atoms with Crippen LogP contribution in [0.5, 0.6) is 0 Å². The number of aromatic nitrogens is 1. The number of piperidine rings is 1. The van der Waals surface area contributed by atoms with E-state index in [4.69, 9.17) is 0 Å². The van der Waals surface area contributed by atoms with Crippen molar-refractivity contribution >= 4 is 27.2 Å². The highest BCUT2D eigenvalue weighted by Crippen LogP contribution is 2.24. The average Bonchev–Trinajstić information content (AvgIpc) is 3.06. The first-order valence-corrected chi connectivity index (χ1v) is 9.64. The van der Waals surface area contributed by atoms with Crippen molar-refractivity contribution in [2.75, 3.05) is 18.4 Å². The summed E-state index contributed by atoms with van der Waals surface area (Å²) in [5.74, 6) is 0. The van der Waals surface area contributed by atoms with Crippen molar-refractivity contribution in [1.29, 1.82) is 0 Å². The van der Waals surface area contributed by atoms with E-state index < -0.39 is 0 Å². The lowest BCUT2D eigenvalue weighted by atomic mass is 10.1. The summed E-state index contributed by atoms with van der Waals surface area (Å²) in [6, 6.07) is 15.0. The van der Waals surface area contributed by atoms with Gasteiger partial charge in [-0.25, -0.2) is 0 Å². The standard InChI is InChI=1S/C20H23N3OS/c24-17-7-10-23(11-8-17)14-15-3-5-16(6-4-15)22-13-18-12-19-20(25-18)2-1-9-21-19/h1-6,9,12,17,22,24H,7-8,10-11,13-14H2. The fourth-order valence-corrected chi connectivity index (χ4v) is 4.22. The van der Waals surface area contributed by atoms with Crippen LogP contribution in [-0.2, 0) is 13.1 Å². The highest BCUT2D eigenvalue weighted by atomic mass is 32.1. The third-order valence-electron chi connectivity index (χ3n) is 4.72. The number of thiophene rings is 1. The number of likely N-dealkylation sites (tertiary alicyclic amines) is 1. The molecule has 0 bridgehead atoms. The lowest BCUT2D eigenvalue weighted by Gasteiger charge is -2.29. The van der Waals surface area contributed by atoms with Gasteiger partial charge in [-0.1, -0.05) is 12.1 Å². The van der Waals surface area contributed by atoms with Gasteiger partial charge in [0.1, 0.15) is 0 Å². The molecule has 0 unspecified atom stereocenters. The molecule has 1 aromatic carbocycles. The van der Waals surface area contributed by atoms with E-state index in [-0.39, 0.29) is 6.10 Å². The number of aliphatic hydroxyl groups is 1. The average molecular weight is 353 g/mol. The lowest BCUT2D eigenvalue weighted by molar-refractivity contribution is 0.0792. The van der Waals surface area contributed by atoms with Gasteiger partial charge in [0.15, 0.2) is 0 Å². The molecule has 130 valence electrons. The van der Waals surface area contributed by atoms with E-state index in [0.717, 1.165) is 50.2 Å². The van der Waals surface area contributed by atoms with Crippen molar-refractivity contribution < 1.29 is 5.11 Å². The van der Waals surface area contributed by atoms with Gasteiger partial charge in [0.05, 0.1) is 16.3 Å². The van der Waals surface area contributed by atoms with Gasteiger partial charge < -0.3 is 10.4 Å². The third-order valence-corrected chi connectivity index (χ3v) is 5.81. The van der Waals surface area contributed by atoms with Crippen molar-refractivity contribution in [3.63, 3.8) is 0 Å². The molecule has 2 N–H and O–H groups in total. The molecule has 0 amide bonds. The fourth-order valence-electron chi connectivity index (χ4n) is 3.26. The van der Waals surface area contributed by atoms with Crippen LogP contribution in [0.1, 0.15) is 23.3 Å². The van der Waals surface area contributed by atoms with Crippen LogP contribution in [0.3, 0.4) is 0 Å². The van der Waals surface area contributed by atoms with Gasteiger partial charge in [0.2, 0.25) is 0 Å². The molecule has 1 fully saturated rings. The predicted molar refractivity (Wildman–Crippen MR) is 104 cm³/mol. The summed E-state index contributed by atoms with van der Waals surface area (Å²) >= 11 is 1.79. The lowest BCUT2D eigenvalue weighted by Crippen LogP contribution is -2.35. The molecular weight excluding hydrogens is 330 g/mol. The minimum atomic E-state index is -0.105. The Balaban J connectivity index is 1.32. The molecule has 2 aromatic heterocycles. The van der Waals surface area contributed by atoms with E-state index in [1.165, 1.54) is 15.1 Å². The van der Waals surface area contributed by atoms with Crippen LogP contribution >= 0.6 is 11.3 Å². The molecule has 1 saturated heterocycles. The predicted octanol–water partition coefficient (Wildman–Crippen LogP) is 3.87. The molecule has 1 aliphatic rings. The number of hydrogen-bond donors (Lipinski definition) is 2. The second kappa shape index (κ2) is 7.52. The number of nitrogens with one attached hydrogen (secondary N) is 1. The number of pyridine rings is 1. The van der Waals surface area contributed by atoms with Crippen molar-refractivity contribution in [1.82, 2.24) is 9.88 Å². The molecule has 5 heteroatoms. The topological polar surface area (TPSA) is 48.4 Å². The maximum atomic E-state index is 9.59. The highest BCUT2D eigenvalue weighted by molar-refractivity contribution is 7.19.